The van der Waals surface area contributed by atoms with Gasteiger partial charge in [0.25, 0.3) is 5.91 Å². The third-order valence-corrected chi connectivity index (χ3v) is 4.03. The van der Waals surface area contributed by atoms with Crippen molar-refractivity contribution in [2.75, 3.05) is 13.2 Å². The molecule has 2 amide bonds. The standard InChI is InChI=1S/C20H20Cl2N2O4/c1-2-11-27-16-8-5-14(6-9-16)20(26)24-23-19(25)4-3-12-28-18-10-7-15(21)13-17(18)22/h2,5-10,13H,1,3-4,11-12H2,(H,23,25)(H,24,26). The molecule has 2 rings (SSSR count). The Kier molecular flexibility index (Phi) is 8.65. The zero-order valence-electron chi connectivity index (χ0n) is 15.0. The fraction of sp³-hybridized carbons (Fsp3) is 0.200. The van der Waals surface area contributed by atoms with Gasteiger partial charge in [0.1, 0.15) is 18.1 Å². The van der Waals surface area contributed by atoms with Gasteiger partial charge in [0, 0.05) is 17.0 Å². The molecule has 2 aromatic rings. The first-order chi connectivity index (χ1) is 13.5. The minimum atomic E-state index is -0.423. The number of hydrogen-bond donors (Lipinski definition) is 2. The van der Waals surface area contributed by atoms with Crippen molar-refractivity contribution in [3.05, 3.63) is 70.7 Å². The summed E-state index contributed by atoms with van der Waals surface area (Å²) in [5.41, 5.74) is 5.12. The van der Waals surface area contributed by atoms with E-state index in [1.54, 1.807) is 48.5 Å². The number of benzene rings is 2. The smallest absolute Gasteiger partial charge is 0.269 e. The van der Waals surface area contributed by atoms with Crippen LogP contribution in [0.15, 0.2) is 55.1 Å². The van der Waals surface area contributed by atoms with Crippen LogP contribution in [0.5, 0.6) is 11.5 Å². The summed E-state index contributed by atoms with van der Waals surface area (Å²) >= 11 is 11.8. The highest BCUT2D eigenvalue weighted by Gasteiger charge is 2.08. The Bertz CT molecular complexity index is 825. The molecule has 0 heterocycles. The maximum absolute atomic E-state index is 12.0. The van der Waals surface area contributed by atoms with E-state index < -0.39 is 5.91 Å². The van der Waals surface area contributed by atoms with E-state index >= 15 is 0 Å². The van der Waals surface area contributed by atoms with Crippen LogP contribution >= 0.6 is 23.2 Å². The molecule has 0 radical (unpaired) electrons. The van der Waals surface area contributed by atoms with Crippen LogP contribution in [0, 0.1) is 0 Å². The maximum Gasteiger partial charge on any atom is 0.269 e. The number of hydrazine groups is 1. The van der Waals surface area contributed by atoms with Crippen molar-refractivity contribution >= 4 is 35.0 Å². The van der Waals surface area contributed by atoms with E-state index in [0.717, 1.165) is 0 Å². The number of amides is 2. The van der Waals surface area contributed by atoms with Gasteiger partial charge in [0.05, 0.1) is 11.6 Å². The van der Waals surface area contributed by atoms with Crippen LogP contribution in [0.25, 0.3) is 0 Å². The Balaban J connectivity index is 1.67. The molecular weight excluding hydrogens is 403 g/mol. The fourth-order valence-corrected chi connectivity index (χ4v) is 2.59. The molecule has 0 spiro atoms. The third-order valence-electron chi connectivity index (χ3n) is 3.50. The molecule has 0 atom stereocenters. The van der Waals surface area contributed by atoms with Gasteiger partial charge in [-0.25, -0.2) is 0 Å². The number of carbonyl (C=O) groups is 2. The maximum atomic E-state index is 12.0. The number of rotatable bonds is 9. The van der Waals surface area contributed by atoms with E-state index in [1.165, 1.54) is 0 Å². The predicted octanol–water partition coefficient (Wildman–Crippen LogP) is 4.18. The number of nitrogens with one attached hydrogen (secondary N) is 2. The molecule has 0 saturated heterocycles. The highest BCUT2D eigenvalue weighted by molar-refractivity contribution is 6.35. The van der Waals surface area contributed by atoms with Crippen molar-refractivity contribution in [3.63, 3.8) is 0 Å². The van der Waals surface area contributed by atoms with Crippen LogP contribution in [0.3, 0.4) is 0 Å². The van der Waals surface area contributed by atoms with E-state index in [9.17, 15) is 9.59 Å². The molecule has 0 fully saturated rings. The normalized spacial score (nSPS) is 10.1. The molecule has 0 aliphatic carbocycles. The van der Waals surface area contributed by atoms with Crippen LogP contribution in [-0.2, 0) is 4.79 Å². The molecule has 0 aliphatic heterocycles. The SMILES string of the molecule is C=CCOc1ccc(C(=O)NNC(=O)CCCOc2ccc(Cl)cc2Cl)cc1. The summed E-state index contributed by atoms with van der Waals surface area (Å²) in [5, 5.41) is 0.927. The molecule has 0 aliphatic rings. The van der Waals surface area contributed by atoms with Gasteiger partial charge in [-0.3, -0.25) is 20.4 Å². The summed E-state index contributed by atoms with van der Waals surface area (Å²) in [6.45, 7) is 4.25. The van der Waals surface area contributed by atoms with Crippen LogP contribution in [0.2, 0.25) is 10.0 Å². The van der Waals surface area contributed by atoms with Gasteiger partial charge in [-0.1, -0.05) is 35.9 Å². The lowest BCUT2D eigenvalue weighted by atomic mass is 10.2. The minimum absolute atomic E-state index is 0.180. The average Bonchev–Trinajstić information content (AvgIpc) is 2.69. The quantitative estimate of drug-likeness (QED) is 0.361. The Labute approximate surface area is 173 Å². The molecule has 0 bridgehead atoms. The highest BCUT2D eigenvalue weighted by Crippen LogP contribution is 2.27. The summed E-state index contributed by atoms with van der Waals surface area (Å²) in [5.74, 6) is 0.375. The van der Waals surface area contributed by atoms with Gasteiger partial charge < -0.3 is 9.47 Å². The summed E-state index contributed by atoms with van der Waals surface area (Å²) in [6, 6.07) is 11.5. The zero-order valence-corrected chi connectivity index (χ0v) is 16.6. The lowest BCUT2D eigenvalue weighted by Gasteiger charge is -2.10. The van der Waals surface area contributed by atoms with Gasteiger partial charge in [0.2, 0.25) is 5.91 Å². The molecule has 0 saturated carbocycles. The van der Waals surface area contributed by atoms with E-state index in [-0.39, 0.29) is 12.3 Å². The Morgan fingerprint density at radius 1 is 1.04 bits per heavy atom. The van der Waals surface area contributed by atoms with Crippen LogP contribution in [0.4, 0.5) is 0 Å². The third kappa shape index (κ3) is 7.13. The molecule has 2 N–H and O–H groups in total. The lowest BCUT2D eigenvalue weighted by molar-refractivity contribution is -0.122. The topological polar surface area (TPSA) is 76.7 Å². The zero-order chi connectivity index (χ0) is 20.4. The summed E-state index contributed by atoms with van der Waals surface area (Å²) < 4.78 is 10.8. The van der Waals surface area contributed by atoms with Crippen molar-refractivity contribution in [3.8, 4) is 11.5 Å². The summed E-state index contributed by atoms with van der Waals surface area (Å²) in [7, 11) is 0. The molecule has 8 heteroatoms. The van der Waals surface area contributed by atoms with Gasteiger partial charge in [0.15, 0.2) is 0 Å². The monoisotopic (exact) mass is 422 g/mol. The van der Waals surface area contributed by atoms with Gasteiger partial charge in [-0.05, 0) is 48.9 Å². The number of ether oxygens (including phenoxy) is 2. The minimum Gasteiger partial charge on any atom is -0.492 e. The molecule has 0 unspecified atom stereocenters. The second-order valence-electron chi connectivity index (χ2n) is 5.65. The fourth-order valence-electron chi connectivity index (χ4n) is 2.13. The first kappa shape index (κ1) is 21.6. The Morgan fingerprint density at radius 3 is 2.46 bits per heavy atom. The van der Waals surface area contributed by atoms with Crippen molar-refractivity contribution in [2.24, 2.45) is 0 Å². The van der Waals surface area contributed by atoms with Gasteiger partial charge in [-0.2, -0.15) is 0 Å². The number of hydrogen-bond acceptors (Lipinski definition) is 4. The van der Waals surface area contributed by atoms with E-state index in [4.69, 9.17) is 32.7 Å². The molecule has 28 heavy (non-hydrogen) atoms. The van der Waals surface area contributed by atoms with Crippen molar-refractivity contribution < 1.29 is 19.1 Å². The Morgan fingerprint density at radius 2 is 1.79 bits per heavy atom. The molecule has 148 valence electrons. The van der Waals surface area contributed by atoms with Crippen LogP contribution in [-0.4, -0.2) is 25.0 Å². The van der Waals surface area contributed by atoms with E-state index in [2.05, 4.69) is 17.4 Å². The van der Waals surface area contributed by atoms with E-state index in [0.29, 0.717) is 46.7 Å². The van der Waals surface area contributed by atoms with Crippen molar-refractivity contribution in [1.29, 1.82) is 0 Å². The van der Waals surface area contributed by atoms with E-state index in [1.807, 2.05) is 0 Å². The molecule has 2 aromatic carbocycles. The first-order valence-corrected chi connectivity index (χ1v) is 9.26. The Hall–Kier alpha value is -2.70. The van der Waals surface area contributed by atoms with Crippen LogP contribution < -0.4 is 20.3 Å². The number of carbonyl (C=O) groups excluding carboxylic acids is 2. The predicted molar refractivity (Wildman–Crippen MR) is 109 cm³/mol. The largest absolute Gasteiger partial charge is 0.492 e. The first-order valence-electron chi connectivity index (χ1n) is 8.50. The molecule has 6 nitrogen and oxygen atoms in total. The van der Waals surface area contributed by atoms with Gasteiger partial charge in [-0.15, -0.1) is 0 Å². The summed E-state index contributed by atoms with van der Waals surface area (Å²) in [6.07, 6.45) is 2.26. The average molecular weight is 423 g/mol. The second-order valence-corrected chi connectivity index (χ2v) is 6.50. The van der Waals surface area contributed by atoms with Crippen molar-refractivity contribution in [1.82, 2.24) is 10.9 Å². The molecular formula is C20H20Cl2N2O4. The van der Waals surface area contributed by atoms with Crippen LogP contribution in [0.1, 0.15) is 23.2 Å². The van der Waals surface area contributed by atoms with Gasteiger partial charge >= 0.3 is 0 Å². The number of halogens is 2. The lowest BCUT2D eigenvalue weighted by Crippen LogP contribution is -2.41. The van der Waals surface area contributed by atoms with Crippen molar-refractivity contribution in [2.45, 2.75) is 12.8 Å². The second kappa shape index (κ2) is 11.2. The highest BCUT2D eigenvalue weighted by atomic mass is 35.5. The summed E-state index contributed by atoms with van der Waals surface area (Å²) in [4.78, 5) is 23.8. The molecule has 0 aromatic heterocycles.